The highest BCUT2D eigenvalue weighted by Crippen LogP contribution is 2.23. The summed E-state index contributed by atoms with van der Waals surface area (Å²) < 4.78 is 0. The zero-order chi connectivity index (χ0) is 12.0. The van der Waals surface area contributed by atoms with Crippen molar-refractivity contribution in [3.63, 3.8) is 0 Å². The molecule has 0 aliphatic rings. The molecule has 0 bridgehead atoms. The van der Waals surface area contributed by atoms with E-state index in [1.54, 1.807) is 0 Å². The average molecular weight is 260 g/mol. The van der Waals surface area contributed by atoms with Crippen molar-refractivity contribution in [2.75, 3.05) is 6.54 Å². The van der Waals surface area contributed by atoms with Gasteiger partial charge in [0.2, 0.25) is 0 Å². The Morgan fingerprint density at radius 2 is 2.00 bits per heavy atom. The molecule has 0 aliphatic carbocycles. The Bertz CT molecular complexity index is 326. The second-order valence-electron chi connectivity index (χ2n) is 4.16. The van der Waals surface area contributed by atoms with Gasteiger partial charge in [-0.2, -0.15) is 0 Å². The summed E-state index contributed by atoms with van der Waals surface area (Å²) in [7, 11) is 0. The van der Waals surface area contributed by atoms with Gasteiger partial charge in [-0.15, -0.1) is 0 Å². The van der Waals surface area contributed by atoms with Gasteiger partial charge >= 0.3 is 0 Å². The zero-order valence-electron chi connectivity index (χ0n) is 9.89. The molecule has 1 N–H and O–H groups in total. The van der Waals surface area contributed by atoms with Crippen LogP contribution in [0.25, 0.3) is 0 Å². The van der Waals surface area contributed by atoms with E-state index in [9.17, 15) is 0 Å². The van der Waals surface area contributed by atoms with Crippen LogP contribution in [-0.2, 0) is 6.42 Å². The number of hydrogen-bond acceptors (Lipinski definition) is 1. The topological polar surface area (TPSA) is 12.0 Å². The van der Waals surface area contributed by atoms with Crippen LogP contribution in [0.5, 0.6) is 0 Å². The summed E-state index contributed by atoms with van der Waals surface area (Å²) in [6, 6.07) is 6.32. The summed E-state index contributed by atoms with van der Waals surface area (Å²) in [5.74, 6) is 0. The van der Waals surface area contributed by atoms with Gasteiger partial charge in [-0.3, -0.25) is 0 Å². The van der Waals surface area contributed by atoms with Gasteiger partial charge < -0.3 is 5.32 Å². The van der Waals surface area contributed by atoms with Gasteiger partial charge in [-0.1, -0.05) is 42.6 Å². The smallest absolute Gasteiger partial charge is 0.0595 e. The molecule has 0 saturated heterocycles. The van der Waals surface area contributed by atoms with Gasteiger partial charge in [0.25, 0.3) is 0 Å². The van der Waals surface area contributed by atoms with Gasteiger partial charge in [-0.25, -0.2) is 0 Å². The molecule has 16 heavy (non-hydrogen) atoms. The minimum Gasteiger partial charge on any atom is -0.314 e. The van der Waals surface area contributed by atoms with Gasteiger partial charge in [0.15, 0.2) is 0 Å². The van der Waals surface area contributed by atoms with E-state index in [0.29, 0.717) is 16.1 Å². The van der Waals surface area contributed by atoms with Crippen molar-refractivity contribution in [3.05, 3.63) is 33.8 Å². The number of benzene rings is 1. The normalized spacial score (nSPS) is 12.8. The van der Waals surface area contributed by atoms with Gasteiger partial charge in [0.05, 0.1) is 10.0 Å². The highest BCUT2D eigenvalue weighted by molar-refractivity contribution is 6.42. The first-order chi connectivity index (χ1) is 7.63. The molecule has 0 amide bonds. The summed E-state index contributed by atoms with van der Waals surface area (Å²) in [5, 5.41) is 4.75. The maximum Gasteiger partial charge on any atom is 0.0595 e. The fraction of sp³-hybridized carbons (Fsp3) is 0.538. The Kier molecular flexibility index (Phi) is 6.18. The minimum absolute atomic E-state index is 0.476. The highest BCUT2D eigenvalue weighted by Gasteiger charge is 2.04. The predicted molar refractivity (Wildman–Crippen MR) is 72.5 cm³/mol. The molecule has 1 rings (SSSR count). The van der Waals surface area contributed by atoms with Gasteiger partial charge in [0, 0.05) is 6.04 Å². The van der Waals surface area contributed by atoms with E-state index in [-0.39, 0.29) is 0 Å². The molecule has 90 valence electrons. The van der Waals surface area contributed by atoms with E-state index >= 15 is 0 Å². The first-order valence-electron chi connectivity index (χ1n) is 5.80. The summed E-state index contributed by atoms with van der Waals surface area (Å²) in [6.45, 7) is 5.47. The van der Waals surface area contributed by atoms with E-state index in [1.165, 1.54) is 18.4 Å². The van der Waals surface area contributed by atoms with Crippen LogP contribution >= 0.6 is 23.2 Å². The predicted octanol–water partition coefficient (Wildman–Crippen LogP) is 4.31. The van der Waals surface area contributed by atoms with E-state index in [0.717, 1.165) is 13.0 Å². The van der Waals surface area contributed by atoms with Crippen LogP contribution in [0.15, 0.2) is 18.2 Å². The van der Waals surface area contributed by atoms with Crippen molar-refractivity contribution in [2.45, 2.75) is 39.2 Å². The highest BCUT2D eigenvalue weighted by atomic mass is 35.5. The van der Waals surface area contributed by atoms with Crippen molar-refractivity contribution in [1.29, 1.82) is 0 Å². The first kappa shape index (κ1) is 13.8. The Balaban J connectivity index is 2.43. The van der Waals surface area contributed by atoms with E-state index < -0.39 is 0 Å². The molecule has 1 atom stereocenters. The van der Waals surface area contributed by atoms with Gasteiger partial charge in [0.1, 0.15) is 0 Å². The molecule has 1 aromatic carbocycles. The Hall–Kier alpha value is -0.240. The lowest BCUT2D eigenvalue weighted by atomic mass is 10.1. The maximum atomic E-state index is 5.97. The van der Waals surface area contributed by atoms with Crippen molar-refractivity contribution >= 4 is 23.2 Å². The summed E-state index contributed by atoms with van der Waals surface area (Å²) in [5.41, 5.74) is 1.23. The lowest BCUT2D eigenvalue weighted by molar-refractivity contribution is 0.531. The second kappa shape index (κ2) is 7.16. The number of hydrogen-bond donors (Lipinski definition) is 1. The molecule has 1 aromatic rings. The molecule has 1 nitrogen and oxygen atoms in total. The van der Waals surface area contributed by atoms with Crippen molar-refractivity contribution in [2.24, 2.45) is 0 Å². The quantitative estimate of drug-likeness (QED) is 0.751. The monoisotopic (exact) mass is 259 g/mol. The fourth-order valence-corrected chi connectivity index (χ4v) is 1.94. The van der Waals surface area contributed by atoms with E-state index in [4.69, 9.17) is 23.2 Å². The third-order valence-corrected chi connectivity index (χ3v) is 3.29. The fourth-order valence-electron chi connectivity index (χ4n) is 1.62. The Morgan fingerprint density at radius 3 is 2.62 bits per heavy atom. The molecule has 0 radical (unpaired) electrons. The van der Waals surface area contributed by atoms with E-state index in [2.05, 4.69) is 19.2 Å². The number of halogens is 2. The SMILES string of the molecule is CCCCNC(C)Cc1ccc(Cl)c(Cl)c1. The lowest BCUT2D eigenvalue weighted by Gasteiger charge is -2.13. The molecule has 0 saturated carbocycles. The third kappa shape index (κ3) is 4.73. The first-order valence-corrected chi connectivity index (χ1v) is 6.56. The number of rotatable bonds is 6. The van der Waals surface area contributed by atoms with Crippen LogP contribution in [0.3, 0.4) is 0 Å². The molecule has 0 fully saturated rings. The molecule has 0 aliphatic heterocycles. The molecule has 0 heterocycles. The van der Waals surface area contributed by atoms with Crippen molar-refractivity contribution in [1.82, 2.24) is 5.32 Å². The molecule has 0 aromatic heterocycles. The lowest BCUT2D eigenvalue weighted by Crippen LogP contribution is -2.28. The number of unbranched alkanes of at least 4 members (excludes halogenated alkanes) is 1. The summed E-state index contributed by atoms with van der Waals surface area (Å²) >= 11 is 11.8. The average Bonchev–Trinajstić information content (AvgIpc) is 2.24. The maximum absolute atomic E-state index is 5.97. The van der Waals surface area contributed by atoms with Crippen LogP contribution in [0, 0.1) is 0 Å². The largest absolute Gasteiger partial charge is 0.314 e. The standard InChI is InChI=1S/C13H19Cl2N/c1-3-4-7-16-10(2)8-11-5-6-12(14)13(15)9-11/h5-6,9-10,16H,3-4,7-8H2,1-2H3. The Labute approximate surface area is 108 Å². The van der Waals surface area contributed by atoms with Crippen molar-refractivity contribution in [3.8, 4) is 0 Å². The third-order valence-electron chi connectivity index (χ3n) is 2.55. The van der Waals surface area contributed by atoms with Crippen LogP contribution < -0.4 is 5.32 Å². The summed E-state index contributed by atoms with van der Waals surface area (Å²) in [6.07, 6.45) is 3.44. The van der Waals surface area contributed by atoms with Crippen LogP contribution in [0.4, 0.5) is 0 Å². The zero-order valence-corrected chi connectivity index (χ0v) is 11.4. The Morgan fingerprint density at radius 1 is 1.25 bits per heavy atom. The molecule has 3 heteroatoms. The molecule has 1 unspecified atom stereocenters. The minimum atomic E-state index is 0.476. The molecular formula is C13H19Cl2N. The van der Waals surface area contributed by atoms with Crippen LogP contribution in [0.1, 0.15) is 32.3 Å². The van der Waals surface area contributed by atoms with Crippen molar-refractivity contribution < 1.29 is 0 Å². The summed E-state index contributed by atoms with van der Waals surface area (Å²) in [4.78, 5) is 0. The molecular weight excluding hydrogens is 241 g/mol. The second-order valence-corrected chi connectivity index (χ2v) is 4.98. The van der Waals surface area contributed by atoms with Crippen LogP contribution in [-0.4, -0.2) is 12.6 Å². The van der Waals surface area contributed by atoms with Crippen LogP contribution in [0.2, 0.25) is 10.0 Å². The van der Waals surface area contributed by atoms with Gasteiger partial charge in [-0.05, 0) is 44.0 Å². The molecule has 0 spiro atoms. The number of nitrogens with one attached hydrogen (secondary N) is 1. The van der Waals surface area contributed by atoms with E-state index in [1.807, 2.05) is 18.2 Å².